The summed E-state index contributed by atoms with van der Waals surface area (Å²) in [6, 6.07) is 6.57. The van der Waals surface area contributed by atoms with Gasteiger partial charge in [-0.25, -0.2) is 13.2 Å². The predicted octanol–water partition coefficient (Wildman–Crippen LogP) is 4.05. The molecule has 0 spiro atoms. The summed E-state index contributed by atoms with van der Waals surface area (Å²) in [7, 11) is 0. The first-order chi connectivity index (χ1) is 10.9. The van der Waals surface area contributed by atoms with E-state index in [1.54, 1.807) is 6.92 Å². The number of halogens is 4. The van der Waals surface area contributed by atoms with Crippen LogP contribution in [0, 0.1) is 17.5 Å². The SMILES string of the molecule is C[C@@H](NCC(=O)Nc1ccc(F)c(Cl)c1)c1ccc(F)cc1F. The van der Waals surface area contributed by atoms with Crippen LogP contribution in [0.15, 0.2) is 36.4 Å². The van der Waals surface area contributed by atoms with Gasteiger partial charge in [-0.2, -0.15) is 0 Å². The molecule has 2 rings (SSSR count). The molecule has 0 aliphatic rings. The van der Waals surface area contributed by atoms with Crippen LogP contribution < -0.4 is 10.6 Å². The van der Waals surface area contributed by atoms with E-state index in [4.69, 9.17) is 11.6 Å². The lowest BCUT2D eigenvalue weighted by molar-refractivity contribution is -0.115. The van der Waals surface area contributed by atoms with Crippen molar-refractivity contribution in [2.75, 3.05) is 11.9 Å². The highest BCUT2D eigenvalue weighted by Crippen LogP contribution is 2.20. The first kappa shape index (κ1) is 17.3. The van der Waals surface area contributed by atoms with Gasteiger partial charge in [0.2, 0.25) is 5.91 Å². The van der Waals surface area contributed by atoms with Crippen molar-refractivity contribution in [3.8, 4) is 0 Å². The van der Waals surface area contributed by atoms with E-state index in [0.717, 1.165) is 18.2 Å². The molecule has 2 N–H and O–H groups in total. The van der Waals surface area contributed by atoms with Crippen LogP contribution in [0.3, 0.4) is 0 Å². The Morgan fingerprint density at radius 1 is 1.13 bits per heavy atom. The topological polar surface area (TPSA) is 41.1 Å². The molecule has 3 nitrogen and oxygen atoms in total. The standard InChI is InChI=1S/C16H14ClF3N2O/c1-9(12-4-2-10(18)6-15(12)20)21-8-16(23)22-11-3-5-14(19)13(17)7-11/h2-7,9,21H,8H2,1H3,(H,22,23)/t9-/m1/s1. The maximum Gasteiger partial charge on any atom is 0.238 e. The van der Waals surface area contributed by atoms with Crippen molar-refractivity contribution in [2.24, 2.45) is 0 Å². The summed E-state index contributed by atoms with van der Waals surface area (Å²) in [5.41, 5.74) is 0.604. The number of hydrogen-bond acceptors (Lipinski definition) is 2. The minimum atomic E-state index is -0.685. The second kappa shape index (κ2) is 7.48. The maximum absolute atomic E-state index is 13.6. The highest BCUT2D eigenvalue weighted by Gasteiger charge is 2.13. The highest BCUT2D eigenvalue weighted by atomic mass is 35.5. The fourth-order valence-corrected chi connectivity index (χ4v) is 2.17. The van der Waals surface area contributed by atoms with Crippen LogP contribution in [0.2, 0.25) is 5.02 Å². The van der Waals surface area contributed by atoms with Crippen molar-refractivity contribution in [3.05, 3.63) is 64.4 Å². The molecule has 0 saturated carbocycles. The molecule has 7 heteroatoms. The molecule has 0 fully saturated rings. The molecule has 122 valence electrons. The van der Waals surface area contributed by atoms with Gasteiger partial charge in [0, 0.05) is 23.4 Å². The van der Waals surface area contributed by atoms with E-state index in [2.05, 4.69) is 10.6 Å². The Hall–Kier alpha value is -2.05. The van der Waals surface area contributed by atoms with Crippen molar-refractivity contribution < 1.29 is 18.0 Å². The lowest BCUT2D eigenvalue weighted by Crippen LogP contribution is -2.30. The molecule has 0 aromatic heterocycles. The molecule has 0 aliphatic heterocycles. The van der Waals surface area contributed by atoms with Crippen LogP contribution >= 0.6 is 11.6 Å². The number of amides is 1. The number of anilines is 1. The normalized spacial score (nSPS) is 12.0. The third-order valence-electron chi connectivity index (χ3n) is 3.20. The summed E-state index contributed by atoms with van der Waals surface area (Å²) in [6.07, 6.45) is 0. The van der Waals surface area contributed by atoms with Crippen LogP contribution in [-0.4, -0.2) is 12.5 Å². The molecule has 1 atom stereocenters. The van der Waals surface area contributed by atoms with Crippen LogP contribution in [-0.2, 0) is 4.79 Å². The fraction of sp³-hybridized carbons (Fsp3) is 0.188. The number of hydrogen-bond donors (Lipinski definition) is 2. The Morgan fingerprint density at radius 2 is 1.87 bits per heavy atom. The number of carbonyl (C=O) groups excluding carboxylic acids is 1. The average molecular weight is 343 g/mol. The molecule has 23 heavy (non-hydrogen) atoms. The summed E-state index contributed by atoms with van der Waals surface area (Å²) in [5.74, 6) is -2.33. The third kappa shape index (κ3) is 4.71. The highest BCUT2D eigenvalue weighted by molar-refractivity contribution is 6.31. The van der Waals surface area contributed by atoms with E-state index >= 15 is 0 Å². The lowest BCUT2D eigenvalue weighted by atomic mass is 10.1. The number of benzene rings is 2. The van der Waals surface area contributed by atoms with Crippen LogP contribution in [0.1, 0.15) is 18.5 Å². The van der Waals surface area contributed by atoms with Crippen LogP contribution in [0.5, 0.6) is 0 Å². The number of nitrogens with one attached hydrogen (secondary N) is 2. The quantitative estimate of drug-likeness (QED) is 0.860. The van der Waals surface area contributed by atoms with E-state index in [0.29, 0.717) is 5.69 Å². The van der Waals surface area contributed by atoms with E-state index in [1.807, 2.05) is 0 Å². The van der Waals surface area contributed by atoms with Gasteiger partial charge >= 0.3 is 0 Å². The van der Waals surface area contributed by atoms with Crippen molar-refractivity contribution >= 4 is 23.2 Å². The Morgan fingerprint density at radius 3 is 2.52 bits per heavy atom. The molecule has 0 bridgehead atoms. The fourth-order valence-electron chi connectivity index (χ4n) is 1.99. The average Bonchev–Trinajstić information content (AvgIpc) is 2.48. The Labute approximate surface area is 136 Å². The molecule has 0 heterocycles. The largest absolute Gasteiger partial charge is 0.325 e. The molecule has 2 aromatic rings. The van der Waals surface area contributed by atoms with Crippen molar-refractivity contribution in [1.82, 2.24) is 5.32 Å². The minimum absolute atomic E-state index is 0.0995. The zero-order valence-electron chi connectivity index (χ0n) is 12.2. The van der Waals surface area contributed by atoms with Gasteiger partial charge in [0.25, 0.3) is 0 Å². The second-order valence-corrected chi connectivity index (χ2v) is 5.35. The first-order valence-corrected chi connectivity index (χ1v) is 7.18. The summed E-state index contributed by atoms with van der Waals surface area (Å²) >= 11 is 5.62. The summed E-state index contributed by atoms with van der Waals surface area (Å²) in [5, 5.41) is 5.26. The molecule has 0 saturated heterocycles. The zero-order chi connectivity index (χ0) is 17.0. The molecule has 0 radical (unpaired) electrons. The molecular weight excluding hydrogens is 329 g/mol. The van der Waals surface area contributed by atoms with Crippen molar-refractivity contribution in [1.29, 1.82) is 0 Å². The summed E-state index contributed by atoms with van der Waals surface area (Å²) in [4.78, 5) is 11.8. The smallest absolute Gasteiger partial charge is 0.238 e. The third-order valence-corrected chi connectivity index (χ3v) is 3.49. The molecular formula is C16H14ClF3N2O. The van der Waals surface area contributed by atoms with Gasteiger partial charge in [-0.15, -0.1) is 0 Å². The van der Waals surface area contributed by atoms with Gasteiger partial charge in [-0.05, 0) is 31.2 Å². The monoisotopic (exact) mass is 342 g/mol. The zero-order valence-corrected chi connectivity index (χ0v) is 12.9. The van der Waals surface area contributed by atoms with Gasteiger partial charge in [0.1, 0.15) is 17.5 Å². The van der Waals surface area contributed by atoms with Crippen LogP contribution in [0.4, 0.5) is 18.9 Å². The van der Waals surface area contributed by atoms with Crippen molar-refractivity contribution in [3.63, 3.8) is 0 Å². The molecule has 0 aliphatic carbocycles. The van der Waals surface area contributed by atoms with Crippen LogP contribution in [0.25, 0.3) is 0 Å². The predicted molar refractivity (Wildman–Crippen MR) is 82.8 cm³/mol. The molecule has 0 unspecified atom stereocenters. The van der Waals surface area contributed by atoms with E-state index < -0.39 is 29.4 Å². The Bertz CT molecular complexity index is 724. The number of carbonyl (C=O) groups is 1. The Kier molecular flexibility index (Phi) is 5.63. The Balaban J connectivity index is 1.91. The maximum atomic E-state index is 13.6. The molecule has 1 amide bonds. The van der Waals surface area contributed by atoms with Gasteiger partial charge < -0.3 is 10.6 Å². The minimum Gasteiger partial charge on any atom is -0.325 e. The number of rotatable bonds is 5. The summed E-state index contributed by atoms with van der Waals surface area (Å²) < 4.78 is 39.5. The van der Waals surface area contributed by atoms with Crippen molar-refractivity contribution in [2.45, 2.75) is 13.0 Å². The van der Waals surface area contributed by atoms with Gasteiger partial charge in [0.05, 0.1) is 11.6 Å². The second-order valence-electron chi connectivity index (χ2n) is 4.95. The lowest BCUT2D eigenvalue weighted by Gasteiger charge is -2.15. The first-order valence-electron chi connectivity index (χ1n) is 6.80. The molecule has 2 aromatic carbocycles. The van der Waals surface area contributed by atoms with Gasteiger partial charge in [0.15, 0.2) is 0 Å². The van der Waals surface area contributed by atoms with E-state index in [1.165, 1.54) is 18.2 Å². The van der Waals surface area contributed by atoms with E-state index in [9.17, 15) is 18.0 Å². The van der Waals surface area contributed by atoms with Gasteiger partial charge in [-0.3, -0.25) is 4.79 Å². The summed E-state index contributed by atoms with van der Waals surface area (Å²) in [6.45, 7) is 1.55. The van der Waals surface area contributed by atoms with Gasteiger partial charge in [-0.1, -0.05) is 17.7 Å². The van der Waals surface area contributed by atoms with E-state index in [-0.39, 0.29) is 17.1 Å².